The van der Waals surface area contributed by atoms with Crippen LogP contribution in [0.15, 0.2) is 22.7 Å². The molecule has 0 spiro atoms. The summed E-state index contributed by atoms with van der Waals surface area (Å²) in [6, 6.07) is 4.11. The van der Waals surface area contributed by atoms with Crippen LogP contribution in [0.25, 0.3) is 0 Å². The van der Waals surface area contributed by atoms with Crippen LogP contribution < -0.4 is 5.32 Å². The highest BCUT2D eigenvalue weighted by Gasteiger charge is 2.45. The van der Waals surface area contributed by atoms with E-state index in [4.69, 9.17) is 0 Å². The second kappa shape index (κ2) is 5.00. The van der Waals surface area contributed by atoms with Gasteiger partial charge < -0.3 is 5.32 Å². The number of amides is 1. The summed E-state index contributed by atoms with van der Waals surface area (Å²) >= 11 is 3.21. The molecule has 2 rings (SSSR count). The molecule has 0 bridgehead atoms. The lowest BCUT2D eigenvalue weighted by Gasteiger charge is -2.20. The Morgan fingerprint density at radius 2 is 2.17 bits per heavy atom. The van der Waals surface area contributed by atoms with Gasteiger partial charge in [0, 0.05) is 11.0 Å². The molecule has 1 amide bonds. The van der Waals surface area contributed by atoms with E-state index >= 15 is 0 Å². The summed E-state index contributed by atoms with van der Waals surface area (Å²) < 4.78 is 13.4. The fourth-order valence-electron chi connectivity index (χ4n) is 2.14. The van der Waals surface area contributed by atoms with Crippen LogP contribution in [0.3, 0.4) is 0 Å². The molecule has 18 heavy (non-hydrogen) atoms. The number of hydrogen-bond acceptors (Lipinski definition) is 1. The standard InChI is InChI=1S/C14H17BrFNO/c1-9(2)14(5-6-14)8-17-13(18)11-4-3-10(16)7-12(11)15/h3-4,7,9H,5-6,8H2,1-2H3,(H,17,18). The minimum absolute atomic E-state index is 0.145. The molecule has 2 nitrogen and oxygen atoms in total. The Morgan fingerprint density at radius 3 is 2.67 bits per heavy atom. The molecule has 1 saturated carbocycles. The zero-order valence-electron chi connectivity index (χ0n) is 10.6. The first-order valence-corrected chi connectivity index (χ1v) is 6.97. The third-order valence-electron chi connectivity index (χ3n) is 3.89. The molecular weight excluding hydrogens is 297 g/mol. The molecule has 0 heterocycles. The van der Waals surface area contributed by atoms with Crippen LogP contribution in [0, 0.1) is 17.2 Å². The molecule has 1 aliphatic rings. The van der Waals surface area contributed by atoms with Crippen molar-refractivity contribution in [3.05, 3.63) is 34.1 Å². The van der Waals surface area contributed by atoms with Crippen LogP contribution in [-0.4, -0.2) is 12.5 Å². The summed E-state index contributed by atoms with van der Waals surface area (Å²) in [5.41, 5.74) is 0.762. The summed E-state index contributed by atoms with van der Waals surface area (Å²) in [5, 5.41) is 2.95. The van der Waals surface area contributed by atoms with E-state index in [-0.39, 0.29) is 17.1 Å². The predicted octanol–water partition coefficient (Wildman–Crippen LogP) is 3.75. The maximum Gasteiger partial charge on any atom is 0.252 e. The van der Waals surface area contributed by atoms with Crippen molar-refractivity contribution in [2.24, 2.45) is 11.3 Å². The van der Waals surface area contributed by atoms with E-state index in [0.29, 0.717) is 22.5 Å². The Kier molecular flexibility index (Phi) is 3.76. The molecule has 0 saturated heterocycles. The zero-order valence-corrected chi connectivity index (χ0v) is 12.2. The molecule has 1 aromatic carbocycles. The van der Waals surface area contributed by atoms with Gasteiger partial charge in [-0.25, -0.2) is 4.39 Å². The van der Waals surface area contributed by atoms with E-state index in [1.165, 1.54) is 31.0 Å². The van der Waals surface area contributed by atoms with Gasteiger partial charge in [-0.05, 0) is 58.3 Å². The van der Waals surface area contributed by atoms with E-state index < -0.39 is 0 Å². The quantitative estimate of drug-likeness (QED) is 0.901. The van der Waals surface area contributed by atoms with Crippen LogP contribution >= 0.6 is 15.9 Å². The topological polar surface area (TPSA) is 29.1 Å². The van der Waals surface area contributed by atoms with Crippen LogP contribution in [0.5, 0.6) is 0 Å². The SMILES string of the molecule is CC(C)C1(CNC(=O)c2ccc(F)cc2Br)CC1. The monoisotopic (exact) mass is 313 g/mol. The van der Waals surface area contributed by atoms with E-state index in [0.717, 1.165) is 0 Å². The molecule has 0 aliphatic heterocycles. The fourth-order valence-corrected chi connectivity index (χ4v) is 2.67. The largest absolute Gasteiger partial charge is 0.351 e. The Morgan fingerprint density at radius 1 is 1.50 bits per heavy atom. The molecule has 0 atom stereocenters. The third kappa shape index (κ3) is 2.74. The maximum atomic E-state index is 12.9. The summed E-state index contributed by atoms with van der Waals surface area (Å²) in [4.78, 5) is 12.0. The first-order chi connectivity index (χ1) is 8.44. The van der Waals surface area contributed by atoms with Gasteiger partial charge in [-0.1, -0.05) is 13.8 Å². The minimum atomic E-state index is -0.348. The summed E-state index contributed by atoms with van der Waals surface area (Å²) in [6.45, 7) is 5.08. The molecule has 0 radical (unpaired) electrons. The lowest BCUT2D eigenvalue weighted by atomic mass is 9.92. The minimum Gasteiger partial charge on any atom is -0.351 e. The smallest absolute Gasteiger partial charge is 0.252 e. The molecule has 1 aliphatic carbocycles. The number of hydrogen-bond donors (Lipinski definition) is 1. The Bertz CT molecular complexity index is 469. The van der Waals surface area contributed by atoms with Crippen LogP contribution in [0.1, 0.15) is 37.0 Å². The van der Waals surface area contributed by atoms with Crippen molar-refractivity contribution in [2.45, 2.75) is 26.7 Å². The van der Waals surface area contributed by atoms with Gasteiger partial charge in [-0.2, -0.15) is 0 Å². The molecule has 1 N–H and O–H groups in total. The van der Waals surface area contributed by atoms with Crippen molar-refractivity contribution in [1.82, 2.24) is 5.32 Å². The fraction of sp³-hybridized carbons (Fsp3) is 0.500. The molecule has 0 aromatic heterocycles. The first-order valence-electron chi connectivity index (χ1n) is 6.18. The number of carbonyl (C=O) groups is 1. The van der Waals surface area contributed by atoms with Crippen molar-refractivity contribution >= 4 is 21.8 Å². The zero-order chi connectivity index (χ0) is 13.3. The average Bonchev–Trinajstić information content (AvgIpc) is 3.07. The van der Waals surface area contributed by atoms with Crippen molar-refractivity contribution in [3.8, 4) is 0 Å². The molecule has 1 aromatic rings. The third-order valence-corrected chi connectivity index (χ3v) is 4.55. The summed E-state index contributed by atoms with van der Waals surface area (Å²) in [7, 11) is 0. The van der Waals surface area contributed by atoms with Crippen LogP contribution in [0.2, 0.25) is 0 Å². The highest BCUT2D eigenvalue weighted by Crippen LogP contribution is 2.51. The summed E-state index contributed by atoms with van der Waals surface area (Å²) in [6.07, 6.45) is 2.35. The number of halogens is 2. The molecule has 0 unspecified atom stereocenters. The number of nitrogens with one attached hydrogen (secondary N) is 1. The lowest BCUT2D eigenvalue weighted by molar-refractivity contribution is 0.0939. The first kappa shape index (κ1) is 13.5. The van der Waals surface area contributed by atoms with Crippen molar-refractivity contribution in [3.63, 3.8) is 0 Å². The second-order valence-corrected chi connectivity index (χ2v) is 6.18. The van der Waals surface area contributed by atoms with E-state index in [9.17, 15) is 9.18 Å². The van der Waals surface area contributed by atoms with E-state index in [1.807, 2.05) is 0 Å². The van der Waals surface area contributed by atoms with Gasteiger partial charge in [0.2, 0.25) is 0 Å². The van der Waals surface area contributed by atoms with Crippen molar-refractivity contribution < 1.29 is 9.18 Å². The van der Waals surface area contributed by atoms with E-state index in [1.54, 1.807) is 0 Å². The molecular formula is C14H17BrFNO. The van der Waals surface area contributed by atoms with Gasteiger partial charge >= 0.3 is 0 Å². The van der Waals surface area contributed by atoms with Gasteiger partial charge in [0.05, 0.1) is 5.56 Å². The molecule has 4 heteroatoms. The highest BCUT2D eigenvalue weighted by atomic mass is 79.9. The van der Waals surface area contributed by atoms with Crippen LogP contribution in [-0.2, 0) is 0 Å². The van der Waals surface area contributed by atoms with Crippen molar-refractivity contribution in [1.29, 1.82) is 0 Å². The van der Waals surface area contributed by atoms with Gasteiger partial charge in [0.25, 0.3) is 5.91 Å². The maximum absolute atomic E-state index is 12.9. The van der Waals surface area contributed by atoms with Gasteiger partial charge in [-0.3, -0.25) is 4.79 Å². The normalized spacial score (nSPS) is 16.7. The lowest BCUT2D eigenvalue weighted by Crippen LogP contribution is -2.32. The Labute approximate surface area is 115 Å². The average molecular weight is 314 g/mol. The number of benzene rings is 1. The van der Waals surface area contributed by atoms with E-state index in [2.05, 4.69) is 35.1 Å². The second-order valence-electron chi connectivity index (χ2n) is 5.32. The molecule has 1 fully saturated rings. The number of carbonyl (C=O) groups excluding carboxylic acids is 1. The predicted molar refractivity (Wildman–Crippen MR) is 72.9 cm³/mol. The highest BCUT2D eigenvalue weighted by molar-refractivity contribution is 9.10. The van der Waals surface area contributed by atoms with Crippen LogP contribution in [0.4, 0.5) is 4.39 Å². The molecule has 98 valence electrons. The van der Waals surface area contributed by atoms with Crippen molar-refractivity contribution in [2.75, 3.05) is 6.54 Å². The Hall–Kier alpha value is -0.900. The van der Waals surface area contributed by atoms with Gasteiger partial charge in [-0.15, -0.1) is 0 Å². The Balaban J connectivity index is 2.00. The number of rotatable bonds is 4. The van der Waals surface area contributed by atoms with Gasteiger partial charge in [0.15, 0.2) is 0 Å². The summed E-state index contributed by atoms with van der Waals surface area (Å²) in [5.74, 6) is 0.0857. The van der Waals surface area contributed by atoms with Gasteiger partial charge in [0.1, 0.15) is 5.82 Å².